The number of hydrogen-bond donors (Lipinski definition) is 0. The van der Waals surface area contributed by atoms with E-state index in [1.54, 1.807) is 24.3 Å². The Bertz CT molecular complexity index is 1070. The van der Waals surface area contributed by atoms with Crippen LogP contribution in [0.5, 0.6) is 0 Å². The molecule has 0 aliphatic carbocycles. The second kappa shape index (κ2) is 7.33. The fourth-order valence-corrected chi connectivity index (χ4v) is 6.49. The van der Waals surface area contributed by atoms with Gasteiger partial charge < -0.3 is 4.90 Å². The highest BCUT2D eigenvalue weighted by molar-refractivity contribution is 8.13. The zero-order chi connectivity index (χ0) is 19.9. The zero-order valence-electron chi connectivity index (χ0n) is 15.2. The summed E-state index contributed by atoms with van der Waals surface area (Å²) in [5, 5.41) is 0.704. The first kappa shape index (κ1) is 19.1. The molecule has 0 unspecified atom stereocenters. The molecule has 0 N–H and O–H groups in total. The van der Waals surface area contributed by atoms with Crippen molar-refractivity contribution in [2.75, 3.05) is 16.4 Å². The third-order valence-electron chi connectivity index (χ3n) is 4.90. The monoisotopic (exact) mass is 418 g/mol. The van der Waals surface area contributed by atoms with Gasteiger partial charge in [0.15, 0.2) is 20.8 Å². The van der Waals surface area contributed by atoms with Gasteiger partial charge in [-0.2, -0.15) is 0 Å². The Morgan fingerprint density at radius 1 is 1.21 bits per heavy atom. The minimum atomic E-state index is -3.14. The van der Waals surface area contributed by atoms with E-state index in [9.17, 15) is 17.6 Å². The van der Waals surface area contributed by atoms with Crippen LogP contribution in [0.15, 0.2) is 53.5 Å². The standard InChI is InChI=1S/C20H19FN2O3S2/c1-13(24)15-5-3-7-17(9-15)23-19-12-28(25,26)11-18(19)22-20(23)27-10-14-4-2-6-16(21)8-14/h2-9,18-19H,10-12H2,1H3/t18-,19+/m1/s1. The van der Waals surface area contributed by atoms with Gasteiger partial charge >= 0.3 is 0 Å². The largest absolute Gasteiger partial charge is 0.315 e. The van der Waals surface area contributed by atoms with Crippen LogP contribution in [-0.4, -0.2) is 43.0 Å². The lowest BCUT2D eigenvalue weighted by molar-refractivity contribution is 0.101. The van der Waals surface area contributed by atoms with Crippen molar-refractivity contribution in [2.45, 2.75) is 24.8 Å². The van der Waals surface area contributed by atoms with Crippen LogP contribution in [0.2, 0.25) is 0 Å². The van der Waals surface area contributed by atoms with Gasteiger partial charge in [0.25, 0.3) is 0 Å². The van der Waals surface area contributed by atoms with Crippen LogP contribution in [0.4, 0.5) is 10.1 Å². The van der Waals surface area contributed by atoms with Crippen molar-refractivity contribution in [2.24, 2.45) is 4.99 Å². The van der Waals surface area contributed by atoms with Crippen molar-refractivity contribution in [3.05, 3.63) is 65.5 Å². The molecule has 1 saturated heterocycles. The number of hydrogen-bond acceptors (Lipinski definition) is 6. The highest BCUT2D eigenvalue weighted by Crippen LogP contribution is 2.36. The van der Waals surface area contributed by atoms with Gasteiger partial charge in [-0.3, -0.25) is 9.79 Å². The van der Waals surface area contributed by atoms with Crippen LogP contribution >= 0.6 is 11.8 Å². The average Bonchev–Trinajstić information content (AvgIpc) is 3.11. The molecule has 0 radical (unpaired) electrons. The van der Waals surface area contributed by atoms with Crippen LogP contribution in [0.25, 0.3) is 0 Å². The normalized spacial score (nSPS) is 22.8. The van der Waals surface area contributed by atoms with Gasteiger partial charge in [-0.25, -0.2) is 12.8 Å². The highest BCUT2D eigenvalue weighted by atomic mass is 32.2. The average molecular weight is 419 g/mol. The fourth-order valence-electron chi connectivity index (χ4n) is 3.58. The molecule has 2 heterocycles. The lowest BCUT2D eigenvalue weighted by Gasteiger charge is -2.26. The number of carbonyl (C=O) groups excluding carboxylic acids is 1. The van der Waals surface area contributed by atoms with Gasteiger partial charge in [0.1, 0.15) is 5.82 Å². The van der Waals surface area contributed by atoms with Crippen molar-refractivity contribution in [1.29, 1.82) is 0 Å². The minimum absolute atomic E-state index is 0.0323. The molecule has 2 aliphatic heterocycles. The van der Waals surface area contributed by atoms with E-state index in [1.165, 1.54) is 30.8 Å². The molecule has 2 atom stereocenters. The summed E-state index contributed by atoms with van der Waals surface area (Å²) in [4.78, 5) is 18.4. The number of anilines is 1. The SMILES string of the molecule is CC(=O)c1cccc(N2C(SCc3cccc(F)c3)=N[C@@H]3CS(=O)(=O)C[C@@H]32)c1. The number of sulfone groups is 1. The Balaban J connectivity index is 1.65. The molecule has 2 aliphatic rings. The first-order chi connectivity index (χ1) is 13.3. The number of rotatable bonds is 4. The van der Waals surface area contributed by atoms with Gasteiger partial charge in [0.05, 0.1) is 23.6 Å². The van der Waals surface area contributed by atoms with Gasteiger partial charge in [0.2, 0.25) is 0 Å². The number of amidine groups is 1. The summed E-state index contributed by atoms with van der Waals surface area (Å²) in [5.74, 6) is 0.245. The maximum absolute atomic E-state index is 13.5. The number of benzene rings is 2. The quantitative estimate of drug-likeness (QED) is 0.713. The third-order valence-corrected chi connectivity index (χ3v) is 7.63. The Morgan fingerprint density at radius 3 is 2.75 bits per heavy atom. The zero-order valence-corrected chi connectivity index (χ0v) is 16.8. The van der Waals surface area contributed by atoms with Gasteiger partial charge in [-0.15, -0.1) is 0 Å². The molecule has 2 aromatic rings. The predicted molar refractivity (Wildman–Crippen MR) is 110 cm³/mol. The smallest absolute Gasteiger partial charge is 0.164 e. The maximum atomic E-state index is 13.5. The van der Waals surface area contributed by atoms with Crippen LogP contribution in [0, 0.1) is 5.82 Å². The summed E-state index contributed by atoms with van der Waals surface area (Å²) < 4.78 is 37.7. The molecule has 4 rings (SSSR count). The van der Waals surface area contributed by atoms with Crippen molar-refractivity contribution in [3.63, 3.8) is 0 Å². The van der Waals surface area contributed by atoms with Crippen molar-refractivity contribution in [1.82, 2.24) is 0 Å². The second-order valence-corrected chi connectivity index (χ2v) is 10.1. The van der Waals surface area contributed by atoms with Gasteiger partial charge in [-0.05, 0) is 36.8 Å². The molecule has 0 bridgehead atoms. The lowest BCUT2D eigenvalue weighted by atomic mass is 10.1. The third kappa shape index (κ3) is 3.84. The molecule has 1 fully saturated rings. The van der Waals surface area contributed by atoms with E-state index in [2.05, 4.69) is 4.99 Å². The van der Waals surface area contributed by atoms with Crippen LogP contribution in [0.3, 0.4) is 0 Å². The first-order valence-electron chi connectivity index (χ1n) is 8.88. The number of nitrogens with zero attached hydrogens (tertiary/aromatic N) is 2. The summed E-state index contributed by atoms with van der Waals surface area (Å²) in [6, 6.07) is 13.0. The van der Waals surface area contributed by atoms with Crippen LogP contribution in [-0.2, 0) is 15.6 Å². The van der Waals surface area contributed by atoms with E-state index in [1.807, 2.05) is 17.0 Å². The van der Waals surface area contributed by atoms with E-state index in [-0.39, 0.29) is 35.2 Å². The summed E-state index contributed by atoms with van der Waals surface area (Å²) in [7, 11) is -3.14. The molecule has 0 saturated carbocycles. The molecule has 0 spiro atoms. The van der Waals surface area contributed by atoms with Crippen molar-refractivity contribution >= 4 is 38.2 Å². The van der Waals surface area contributed by atoms with Gasteiger partial charge in [-0.1, -0.05) is 36.0 Å². The maximum Gasteiger partial charge on any atom is 0.164 e. The number of halogens is 1. The van der Waals surface area contributed by atoms with Crippen molar-refractivity contribution < 1.29 is 17.6 Å². The molecule has 146 valence electrons. The number of fused-ring (bicyclic) bond motifs is 1. The Morgan fingerprint density at radius 2 is 2.00 bits per heavy atom. The molecule has 2 aromatic carbocycles. The molecular formula is C20H19FN2O3S2. The topological polar surface area (TPSA) is 66.8 Å². The van der Waals surface area contributed by atoms with E-state index in [4.69, 9.17) is 0 Å². The first-order valence-corrected chi connectivity index (χ1v) is 11.7. The van der Waals surface area contributed by atoms with E-state index < -0.39 is 9.84 Å². The van der Waals surface area contributed by atoms with Gasteiger partial charge in [0, 0.05) is 17.0 Å². The lowest BCUT2D eigenvalue weighted by Crippen LogP contribution is -2.39. The predicted octanol–water partition coefficient (Wildman–Crippen LogP) is 3.30. The number of aliphatic imine (C=N–C) groups is 1. The van der Waals surface area contributed by atoms with Crippen LogP contribution in [0.1, 0.15) is 22.8 Å². The summed E-state index contributed by atoms with van der Waals surface area (Å²) in [6.45, 7) is 1.50. The molecular weight excluding hydrogens is 399 g/mol. The Kier molecular flexibility index (Phi) is 5.01. The van der Waals surface area contributed by atoms with E-state index in [0.29, 0.717) is 16.5 Å². The number of thioether (sulfide) groups is 1. The molecule has 0 aromatic heterocycles. The molecule has 5 nitrogen and oxygen atoms in total. The number of Topliss-reactive ketones (excluding diaryl/α,β-unsaturated/α-hetero) is 1. The molecule has 8 heteroatoms. The second-order valence-electron chi connectivity index (χ2n) is 7.02. The molecule has 28 heavy (non-hydrogen) atoms. The van der Waals surface area contributed by atoms with Crippen molar-refractivity contribution in [3.8, 4) is 0 Å². The highest BCUT2D eigenvalue weighted by Gasteiger charge is 2.47. The van der Waals surface area contributed by atoms with E-state index >= 15 is 0 Å². The number of ketones is 1. The van der Waals surface area contributed by atoms with E-state index in [0.717, 1.165) is 11.3 Å². The molecule has 0 amide bonds. The number of carbonyl (C=O) groups is 1. The fraction of sp³-hybridized carbons (Fsp3) is 0.300. The Hall–Kier alpha value is -2.19. The summed E-state index contributed by atoms with van der Waals surface area (Å²) in [6.07, 6.45) is 0. The Labute approximate surface area is 167 Å². The minimum Gasteiger partial charge on any atom is -0.315 e. The van der Waals surface area contributed by atoms with Crippen LogP contribution < -0.4 is 4.90 Å². The summed E-state index contributed by atoms with van der Waals surface area (Å²) in [5.41, 5.74) is 2.15. The summed E-state index contributed by atoms with van der Waals surface area (Å²) >= 11 is 1.45.